The van der Waals surface area contributed by atoms with Crippen molar-refractivity contribution < 1.29 is 24.2 Å². The van der Waals surface area contributed by atoms with Gasteiger partial charge in [0.25, 0.3) is 0 Å². The number of ketones is 1. The molecule has 6 nitrogen and oxygen atoms in total. The molecule has 0 aliphatic carbocycles. The van der Waals surface area contributed by atoms with Crippen LogP contribution in [0.3, 0.4) is 0 Å². The smallest absolute Gasteiger partial charge is 0.309 e. The van der Waals surface area contributed by atoms with Crippen molar-refractivity contribution in [1.82, 2.24) is 4.98 Å². The quantitative estimate of drug-likeness (QED) is 0.545. The number of nitrogens with zero attached hydrogens (tertiary/aromatic N) is 1. The summed E-state index contributed by atoms with van der Waals surface area (Å²) in [5, 5.41) is 10.1. The highest BCUT2D eigenvalue weighted by Crippen LogP contribution is 2.29. The summed E-state index contributed by atoms with van der Waals surface area (Å²) in [6, 6.07) is 9.43. The van der Waals surface area contributed by atoms with E-state index < -0.39 is 17.7 Å². The van der Waals surface area contributed by atoms with E-state index in [-0.39, 0.29) is 35.6 Å². The van der Waals surface area contributed by atoms with Crippen LogP contribution < -0.4 is 4.74 Å². The molecule has 0 amide bonds. The van der Waals surface area contributed by atoms with Gasteiger partial charge < -0.3 is 14.6 Å². The second-order valence-corrected chi connectivity index (χ2v) is 7.03. The van der Waals surface area contributed by atoms with Gasteiger partial charge in [0.2, 0.25) is 0 Å². The zero-order valence-electron chi connectivity index (χ0n) is 16.9. The molecule has 0 aliphatic rings. The summed E-state index contributed by atoms with van der Waals surface area (Å²) in [6.07, 6.45) is 0.924. The molecule has 3 atom stereocenters. The first-order chi connectivity index (χ1) is 13.3. The zero-order chi connectivity index (χ0) is 20.8. The Balaban J connectivity index is 2.01. The van der Waals surface area contributed by atoms with E-state index in [2.05, 4.69) is 4.98 Å². The summed E-state index contributed by atoms with van der Waals surface area (Å²) < 4.78 is 10.6. The third-order valence-electron chi connectivity index (χ3n) is 4.95. The third kappa shape index (κ3) is 4.88. The molecule has 0 unspecified atom stereocenters. The molecule has 0 radical (unpaired) electrons. The fourth-order valence-electron chi connectivity index (χ4n) is 3.02. The van der Waals surface area contributed by atoms with Crippen molar-refractivity contribution in [2.75, 3.05) is 7.11 Å². The molecule has 1 aromatic carbocycles. The summed E-state index contributed by atoms with van der Waals surface area (Å²) in [6.45, 7) is 7.51. The molecule has 0 spiro atoms. The number of aryl methyl sites for hydroxylation is 1. The molecule has 0 aliphatic heterocycles. The molecule has 0 saturated heterocycles. The van der Waals surface area contributed by atoms with Crippen LogP contribution in [0, 0.1) is 12.8 Å². The van der Waals surface area contributed by atoms with Crippen LogP contribution in [0.2, 0.25) is 0 Å². The Morgan fingerprint density at radius 1 is 1.14 bits per heavy atom. The lowest BCUT2D eigenvalue weighted by atomic mass is 9.92. The van der Waals surface area contributed by atoms with Crippen molar-refractivity contribution in [3.8, 4) is 11.5 Å². The van der Waals surface area contributed by atoms with E-state index in [1.807, 2.05) is 45.0 Å². The molecule has 1 heterocycles. The maximum atomic E-state index is 12.5. The Morgan fingerprint density at radius 2 is 1.82 bits per heavy atom. The molecule has 0 saturated carbocycles. The lowest BCUT2D eigenvalue weighted by Gasteiger charge is -2.23. The maximum absolute atomic E-state index is 12.5. The molecule has 0 fully saturated rings. The van der Waals surface area contributed by atoms with Gasteiger partial charge in [0.05, 0.1) is 13.0 Å². The van der Waals surface area contributed by atoms with Gasteiger partial charge in [-0.25, -0.2) is 4.98 Å². The van der Waals surface area contributed by atoms with Crippen LogP contribution in [-0.4, -0.2) is 35.1 Å². The Kier molecular flexibility index (Phi) is 7.15. The standard InChI is InChI=1S/C22H27NO5/c1-13-8-6-7-9-17(13)15(3)16(4)28-22(26)14(2)12-18(24)20-21(25)19(27-5)10-11-23-20/h6-11,14-16,25H,12H2,1-5H3/t14-,15-,16-/m0/s1. The van der Waals surface area contributed by atoms with Crippen LogP contribution in [0.5, 0.6) is 11.5 Å². The highest BCUT2D eigenvalue weighted by atomic mass is 16.5. The number of hydrogen-bond acceptors (Lipinski definition) is 6. The summed E-state index contributed by atoms with van der Waals surface area (Å²) in [5.41, 5.74) is 2.15. The number of carbonyl (C=O) groups excluding carboxylic acids is 2. The van der Waals surface area contributed by atoms with E-state index in [1.54, 1.807) is 6.92 Å². The average Bonchev–Trinajstić information content (AvgIpc) is 2.67. The van der Waals surface area contributed by atoms with E-state index in [1.165, 1.54) is 19.4 Å². The molecule has 6 heteroatoms. The fraction of sp³-hybridized carbons (Fsp3) is 0.409. The number of rotatable bonds is 8. The summed E-state index contributed by atoms with van der Waals surface area (Å²) in [5.74, 6) is -1.70. The molecular weight excluding hydrogens is 358 g/mol. The van der Waals surface area contributed by atoms with E-state index in [9.17, 15) is 14.7 Å². The first-order valence-corrected chi connectivity index (χ1v) is 9.27. The number of pyridine rings is 1. The fourth-order valence-corrected chi connectivity index (χ4v) is 3.02. The first kappa shape index (κ1) is 21.4. The molecule has 2 rings (SSSR count). The normalized spacial score (nSPS) is 14.0. The topological polar surface area (TPSA) is 85.7 Å². The number of carbonyl (C=O) groups is 2. The summed E-state index contributed by atoms with van der Waals surface area (Å²) in [7, 11) is 1.39. The van der Waals surface area contributed by atoms with Crippen molar-refractivity contribution >= 4 is 11.8 Å². The maximum Gasteiger partial charge on any atom is 0.309 e. The van der Waals surface area contributed by atoms with E-state index in [0.29, 0.717) is 0 Å². The number of benzene rings is 1. The minimum absolute atomic E-state index is 0.0251. The minimum Gasteiger partial charge on any atom is -0.503 e. The number of hydrogen-bond donors (Lipinski definition) is 1. The second kappa shape index (κ2) is 9.35. The predicted octanol–water partition coefficient (Wildman–Crippen LogP) is 4.05. The van der Waals surface area contributed by atoms with Crippen molar-refractivity contribution in [3.63, 3.8) is 0 Å². The van der Waals surface area contributed by atoms with Gasteiger partial charge in [-0.2, -0.15) is 0 Å². The van der Waals surface area contributed by atoms with E-state index >= 15 is 0 Å². The summed E-state index contributed by atoms with van der Waals surface area (Å²) >= 11 is 0. The highest BCUT2D eigenvalue weighted by molar-refractivity contribution is 5.99. The Labute approximate surface area is 165 Å². The van der Waals surface area contributed by atoms with Gasteiger partial charge >= 0.3 is 5.97 Å². The SMILES string of the molecule is COc1ccnc(C(=O)C[C@H](C)C(=O)O[C@@H](C)[C@H](C)c2ccccc2C)c1O. The molecule has 1 N–H and O–H groups in total. The largest absolute Gasteiger partial charge is 0.503 e. The Hall–Kier alpha value is -2.89. The lowest BCUT2D eigenvalue weighted by Crippen LogP contribution is -2.26. The van der Waals surface area contributed by atoms with Crippen molar-refractivity contribution in [3.05, 3.63) is 53.3 Å². The molecule has 150 valence electrons. The first-order valence-electron chi connectivity index (χ1n) is 9.27. The highest BCUT2D eigenvalue weighted by Gasteiger charge is 2.26. The lowest BCUT2D eigenvalue weighted by molar-refractivity contribution is -0.153. The molecule has 2 aromatic rings. The minimum atomic E-state index is -0.661. The van der Waals surface area contributed by atoms with Crippen LogP contribution in [0.15, 0.2) is 36.5 Å². The Bertz CT molecular complexity index is 849. The molecular formula is C22H27NO5. The van der Waals surface area contributed by atoms with Crippen molar-refractivity contribution in [2.45, 2.75) is 46.1 Å². The molecule has 1 aromatic heterocycles. The number of aromatic nitrogens is 1. The summed E-state index contributed by atoms with van der Waals surface area (Å²) in [4.78, 5) is 28.8. The van der Waals surface area contributed by atoms with Gasteiger partial charge in [0, 0.05) is 24.6 Å². The monoisotopic (exact) mass is 385 g/mol. The number of aromatic hydroxyl groups is 1. The van der Waals surface area contributed by atoms with Crippen LogP contribution in [0.4, 0.5) is 0 Å². The number of Topliss-reactive ketones (excluding diaryl/α,β-unsaturated/α-hetero) is 1. The van der Waals surface area contributed by atoms with Crippen molar-refractivity contribution in [2.24, 2.45) is 5.92 Å². The second-order valence-electron chi connectivity index (χ2n) is 7.03. The van der Waals surface area contributed by atoms with Gasteiger partial charge in [-0.3, -0.25) is 9.59 Å². The van der Waals surface area contributed by atoms with Gasteiger partial charge in [-0.05, 0) is 25.0 Å². The number of ether oxygens (including phenoxy) is 2. The molecule has 28 heavy (non-hydrogen) atoms. The van der Waals surface area contributed by atoms with E-state index in [0.717, 1.165) is 11.1 Å². The number of methoxy groups -OCH3 is 1. The van der Waals surface area contributed by atoms with Gasteiger partial charge in [0.15, 0.2) is 23.0 Å². The van der Waals surface area contributed by atoms with Crippen LogP contribution in [0.1, 0.15) is 54.7 Å². The van der Waals surface area contributed by atoms with Crippen LogP contribution in [-0.2, 0) is 9.53 Å². The van der Waals surface area contributed by atoms with E-state index in [4.69, 9.17) is 9.47 Å². The predicted molar refractivity (Wildman–Crippen MR) is 106 cm³/mol. The zero-order valence-corrected chi connectivity index (χ0v) is 16.9. The third-order valence-corrected chi connectivity index (χ3v) is 4.95. The van der Waals surface area contributed by atoms with Gasteiger partial charge in [-0.15, -0.1) is 0 Å². The van der Waals surface area contributed by atoms with Crippen LogP contribution >= 0.6 is 0 Å². The number of esters is 1. The van der Waals surface area contributed by atoms with Gasteiger partial charge in [0.1, 0.15) is 6.10 Å². The Morgan fingerprint density at radius 3 is 2.46 bits per heavy atom. The van der Waals surface area contributed by atoms with Gasteiger partial charge in [-0.1, -0.05) is 38.1 Å². The average molecular weight is 385 g/mol. The van der Waals surface area contributed by atoms with Crippen LogP contribution in [0.25, 0.3) is 0 Å². The molecule has 0 bridgehead atoms. The van der Waals surface area contributed by atoms with Crippen molar-refractivity contribution in [1.29, 1.82) is 0 Å².